The number of rotatable bonds is 4. The highest BCUT2D eigenvalue weighted by Crippen LogP contribution is 2.26. The Morgan fingerprint density at radius 3 is 2.74 bits per heavy atom. The summed E-state index contributed by atoms with van der Waals surface area (Å²) < 4.78 is 0. The van der Waals surface area contributed by atoms with Crippen LogP contribution < -0.4 is 10.2 Å². The van der Waals surface area contributed by atoms with Crippen LogP contribution in [0.15, 0.2) is 30.3 Å². The summed E-state index contributed by atoms with van der Waals surface area (Å²) in [5.41, 5.74) is 2.35. The molecule has 2 heterocycles. The first-order chi connectivity index (χ1) is 11.1. The van der Waals surface area contributed by atoms with E-state index in [0.29, 0.717) is 5.92 Å². The van der Waals surface area contributed by atoms with Crippen molar-refractivity contribution in [2.45, 2.75) is 32.2 Å². The largest absolute Gasteiger partial charge is 0.355 e. The Morgan fingerprint density at radius 2 is 2.00 bits per heavy atom. The van der Waals surface area contributed by atoms with Crippen LogP contribution in [0.4, 0.5) is 5.82 Å². The summed E-state index contributed by atoms with van der Waals surface area (Å²) in [4.78, 5) is 11.4. The maximum atomic E-state index is 6.08. The summed E-state index contributed by atoms with van der Waals surface area (Å²) in [6.45, 7) is 4.90. The summed E-state index contributed by atoms with van der Waals surface area (Å²) in [7, 11) is 2.06. The van der Waals surface area contributed by atoms with E-state index >= 15 is 0 Å². The first-order valence-electron chi connectivity index (χ1n) is 8.14. The fraction of sp³-hybridized carbons (Fsp3) is 0.444. The fourth-order valence-electron chi connectivity index (χ4n) is 3.09. The Kier molecular flexibility index (Phi) is 5.13. The predicted molar refractivity (Wildman–Crippen MR) is 95.2 cm³/mol. The van der Waals surface area contributed by atoms with Crippen LogP contribution in [0, 0.1) is 6.92 Å². The van der Waals surface area contributed by atoms with Crippen LogP contribution in [-0.2, 0) is 6.54 Å². The summed E-state index contributed by atoms with van der Waals surface area (Å²) in [6.07, 6.45) is 2.29. The van der Waals surface area contributed by atoms with E-state index in [-0.39, 0.29) is 0 Å². The molecule has 1 aliphatic rings. The van der Waals surface area contributed by atoms with Crippen molar-refractivity contribution in [1.82, 2.24) is 15.3 Å². The van der Waals surface area contributed by atoms with E-state index in [1.807, 2.05) is 25.1 Å². The molecule has 0 saturated carbocycles. The van der Waals surface area contributed by atoms with Crippen LogP contribution in [0.3, 0.4) is 0 Å². The fourth-order valence-corrected chi connectivity index (χ4v) is 3.30. The average molecular weight is 331 g/mol. The van der Waals surface area contributed by atoms with E-state index in [2.05, 4.69) is 39.4 Å². The summed E-state index contributed by atoms with van der Waals surface area (Å²) in [5, 5.41) is 4.18. The number of anilines is 1. The van der Waals surface area contributed by atoms with Crippen molar-refractivity contribution in [3.63, 3.8) is 0 Å². The third-order valence-electron chi connectivity index (χ3n) is 4.30. The smallest absolute Gasteiger partial charge is 0.132 e. The predicted octanol–water partition coefficient (Wildman–Crippen LogP) is 3.54. The number of hydrogen-bond acceptors (Lipinski definition) is 4. The molecular formula is C18H23ClN4. The second kappa shape index (κ2) is 7.28. The molecule has 0 bridgehead atoms. The van der Waals surface area contributed by atoms with Gasteiger partial charge in [0.2, 0.25) is 0 Å². The van der Waals surface area contributed by atoms with Gasteiger partial charge in [-0.1, -0.05) is 23.7 Å². The highest BCUT2D eigenvalue weighted by atomic mass is 35.5. The van der Waals surface area contributed by atoms with Gasteiger partial charge in [0.15, 0.2) is 0 Å². The zero-order valence-electron chi connectivity index (χ0n) is 13.7. The van der Waals surface area contributed by atoms with E-state index in [4.69, 9.17) is 11.6 Å². The lowest BCUT2D eigenvalue weighted by molar-refractivity contribution is 0.452. The first-order valence-corrected chi connectivity index (χ1v) is 8.51. The van der Waals surface area contributed by atoms with E-state index in [0.717, 1.165) is 49.1 Å². The van der Waals surface area contributed by atoms with Crippen LogP contribution in [0.2, 0.25) is 5.02 Å². The molecule has 0 spiro atoms. The van der Waals surface area contributed by atoms with Gasteiger partial charge >= 0.3 is 0 Å². The third kappa shape index (κ3) is 4.21. The molecule has 0 unspecified atom stereocenters. The Bertz CT molecular complexity index is 668. The van der Waals surface area contributed by atoms with Gasteiger partial charge < -0.3 is 10.2 Å². The monoisotopic (exact) mass is 330 g/mol. The Labute approximate surface area is 142 Å². The van der Waals surface area contributed by atoms with E-state index < -0.39 is 0 Å². The van der Waals surface area contributed by atoms with Crippen molar-refractivity contribution in [2.24, 2.45) is 0 Å². The van der Waals surface area contributed by atoms with Crippen molar-refractivity contribution in [3.05, 3.63) is 52.4 Å². The Balaban J connectivity index is 1.79. The minimum Gasteiger partial charge on any atom is -0.355 e. The first kappa shape index (κ1) is 16.2. The lowest BCUT2D eigenvalue weighted by Crippen LogP contribution is -2.27. The highest BCUT2D eigenvalue weighted by molar-refractivity contribution is 6.30. The Morgan fingerprint density at radius 1 is 1.22 bits per heavy atom. The molecule has 1 saturated heterocycles. The van der Waals surface area contributed by atoms with Crippen LogP contribution >= 0.6 is 11.6 Å². The van der Waals surface area contributed by atoms with Crippen LogP contribution in [-0.4, -0.2) is 30.1 Å². The third-order valence-corrected chi connectivity index (χ3v) is 4.54. The molecule has 1 fully saturated rings. The Hall–Kier alpha value is -1.65. The molecule has 23 heavy (non-hydrogen) atoms. The summed E-state index contributed by atoms with van der Waals surface area (Å²) in [6, 6.07) is 10.1. The van der Waals surface area contributed by atoms with Crippen LogP contribution in [0.1, 0.15) is 35.8 Å². The maximum absolute atomic E-state index is 6.08. The minimum atomic E-state index is 0.538. The van der Waals surface area contributed by atoms with Gasteiger partial charge in [-0.3, -0.25) is 0 Å². The molecule has 5 heteroatoms. The molecule has 4 nitrogen and oxygen atoms in total. The van der Waals surface area contributed by atoms with Gasteiger partial charge in [-0.25, -0.2) is 9.97 Å². The lowest BCUT2D eigenvalue weighted by atomic mass is 9.94. The number of piperidine rings is 1. The number of aromatic nitrogens is 2. The van der Waals surface area contributed by atoms with Crippen LogP contribution in [0.25, 0.3) is 0 Å². The molecule has 0 atom stereocenters. The number of nitrogens with one attached hydrogen (secondary N) is 1. The summed E-state index contributed by atoms with van der Waals surface area (Å²) in [5.74, 6) is 2.36. The van der Waals surface area contributed by atoms with E-state index in [1.165, 1.54) is 11.3 Å². The topological polar surface area (TPSA) is 41.1 Å². The van der Waals surface area contributed by atoms with Crippen molar-refractivity contribution < 1.29 is 0 Å². The average Bonchev–Trinajstić information content (AvgIpc) is 2.55. The second-order valence-corrected chi connectivity index (χ2v) is 6.64. The lowest BCUT2D eigenvalue weighted by Gasteiger charge is -2.24. The number of hydrogen-bond donors (Lipinski definition) is 1. The molecule has 2 aromatic rings. The zero-order valence-corrected chi connectivity index (χ0v) is 14.5. The van der Waals surface area contributed by atoms with Gasteiger partial charge in [0.25, 0.3) is 0 Å². The van der Waals surface area contributed by atoms with Gasteiger partial charge in [0.1, 0.15) is 11.6 Å². The van der Waals surface area contributed by atoms with Crippen molar-refractivity contribution in [1.29, 1.82) is 0 Å². The maximum Gasteiger partial charge on any atom is 0.132 e. The van der Waals surface area contributed by atoms with Crippen molar-refractivity contribution in [3.8, 4) is 0 Å². The molecular weight excluding hydrogens is 308 g/mol. The quantitative estimate of drug-likeness (QED) is 0.931. The molecule has 3 rings (SSSR count). The molecule has 1 aliphatic heterocycles. The normalized spacial score (nSPS) is 15.6. The highest BCUT2D eigenvalue weighted by Gasteiger charge is 2.18. The molecule has 0 radical (unpaired) electrons. The van der Waals surface area contributed by atoms with Crippen molar-refractivity contribution in [2.75, 3.05) is 25.0 Å². The molecule has 122 valence electrons. The molecule has 0 amide bonds. The zero-order chi connectivity index (χ0) is 16.2. The molecule has 1 N–H and O–H groups in total. The van der Waals surface area contributed by atoms with Gasteiger partial charge in [-0.2, -0.15) is 0 Å². The number of aryl methyl sites for hydroxylation is 1. The number of halogens is 1. The van der Waals surface area contributed by atoms with Gasteiger partial charge in [0, 0.05) is 36.3 Å². The number of nitrogens with zero attached hydrogens (tertiary/aromatic N) is 3. The van der Waals surface area contributed by atoms with Gasteiger partial charge in [0.05, 0.1) is 0 Å². The molecule has 0 aliphatic carbocycles. The van der Waals surface area contributed by atoms with Gasteiger partial charge in [-0.15, -0.1) is 0 Å². The summed E-state index contributed by atoms with van der Waals surface area (Å²) >= 11 is 6.08. The second-order valence-electron chi connectivity index (χ2n) is 6.21. The molecule has 1 aromatic carbocycles. The van der Waals surface area contributed by atoms with E-state index in [1.54, 1.807) is 0 Å². The van der Waals surface area contributed by atoms with E-state index in [9.17, 15) is 0 Å². The van der Waals surface area contributed by atoms with Crippen LogP contribution in [0.5, 0.6) is 0 Å². The minimum absolute atomic E-state index is 0.538. The molecule has 1 aromatic heterocycles. The SMILES string of the molecule is Cc1nc(C2CCNCC2)cc(N(C)Cc2cccc(Cl)c2)n1. The van der Waals surface area contributed by atoms with Gasteiger partial charge in [-0.05, 0) is 50.6 Å². The number of benzene rings is 1. The standard InChI is InChI=1S/C18H23ClN4/c1-13-21-17(15-6-8-20-9-7-15)11-18(22-13)23(2)12-14-4-3-5-16(19)10-14/h3-5,10-11,15,20H,6-9,12H2,1-2H3. The van der Waals surface area contributed by atoms with Crippen molar-refractivity contribution >= 4 is 17.4 Å².